The number of anilines is 1. The molecular formula is C14H21BrN2O2S. The number of rotatable bonds is 5. The van der Waals surface area contributed by atoms with Gasteiger partial charge in [0.05, 0.1) is 5.75 Å². The van der Waals surface area contributed by atoms with Gasteiger partial charge in [-0.25, -0.2) is 8.42 Å². The third kappa shape index (κ3) is 3.96. The fraction of sp³-hybridized carbons (Fsp3) is 0.571. The molecule has 1 saturated heterocycles. The summed E-state index contributed by atoms with van der Waals surface area (Å²) in [5.41, 5.74) is 1.14. The Morgan fingerprint density at radius 3 is 2.50 bits per heavy atom. The second-order valence-electron chi connectivity index (χ2n) is 5.04. The van der Waals surface area contributed by atoms with Crippen LogP contribution in [0, 0.1) is 0 Å². The lowest BCUT2D eigenvalue weighted by Gasteiger charge is -2.35. The summed E-state index contributed by atoms with van der Waals surface area (Å²) in [5, 5.41) is 0. The summed E-state index contributed by atoms with van der Waals surface area (Å²) >= 11 is 3.47. The Labute approximate surface area is 129 Å². The molecule has 0 amide bonds. The monoisotopic (exact) mass is 360 g/mol. The number of sulfonamides is 1. The predicted molar refractivity (Wildman–Crippen MR) is 86.6 cm³/mol. The maximum absolute atomic E-state index is 12.1. The highest BCUT2D eigenvalue weighted by Gasteiger charge is 2.26. The first-order valence-electron chi connectivity index (χ1n) is 7.01. The summed E-state index contributed by atoms with van der Waals surface area (Å²) in [6, 6.07) is 8.13. The Kier molecular flexibility index (Phi) is 5.46. The standard InChI is InChI=1S/C14H21BrN2O2S/c1-2-3-11-20(18,19)17-9-7-16(8-10-17)14-6-4-5-13(15)12-14/h4-6,12H,2-3,7-11H2,1H3. The molecule has 0 atom stereocenters. The van der Waals surface area contributed by atoms with Crippen molar-refractivity contribution in [1.82, 2.24) is 4.31 Å². The third-order valence-electron chi connectivity index (χ3n) is 3.56. The zero-order chi connectivity index (χ0) is 14.6. The minimum absolute atomic E-state index is 0.278. The van der Waals surface area contributed by atoms with Crippen LogP contribution in [-0.4, -0.2) is 44.7 Å². The molecule has 112 valence electrons. The Morgan fingerprint density at radius 1 is 1.20 bits per heavy atom. The molecule has 1 aromatic rings. The lowest BCUT2D eigenvalue weighted by atomic mass is 10.2. The van der Waals surface area contributed by atoms with Crippen molar-refractivity contribution in [2.24, 2.45) is 0 Å². The number of hydrogen-bond acceptors (Lipinski definition) is 3. The zero-order valence-corrected chi connectivity index (χ0v) is 14.2. The molecule has 0 saturated carbocycles. The molecule has 1 fully saturated rings. The van der Waals surface area contributed by atoms with Crippen LogP contribution >= 0.6 is 15.9 Å². The molecule has 1 aromatic carbocycles. The highest BCUT2D eigenvalue weighted by molar-refractivity contribution is 9.10. The van der Waals surface area contributed by atoms with Crippen LogP contribution in [0.15, 0.2) is 28.7 Å². The quantitative estimate of drug-likeness (QED) is 0.810. The first-order chi connectivity index (χ1) is 9.53. The van der Waals surface area contributed by atoms with Gasteiger partial charge in [-0.1, -0.05) is 35.3 Å². The van der Waals surface area contributed by atoms with E-state index in [9.17, 15) is 8.42 Å². The molecule has 0 bridgehead atoms. The maximum atomic E-state index is 12.1. The number of benzene rings is 1. The molecule has 1 aliphatic heterocycles. The van der Waals surface area contributed by atoms with Gasteiger partial charge in [-0.2, -0.15) is 4.31 Å². The summed E-state index contributed by atoms with van der Waals surface area (Å²) in [7, 11) is -3.06. The van der Waals surface area contributed by atoms with E-state index in [0.29, 0.717) is 13.1 Å². The van der Waals surface area contributed by atoms with Crippen LogP contribution in [0.4, 0.5) is 5.69 Å². The van der Waals surface area contributed by atoms with Gasteiger partial charge in [0.2, 0.25) is 10.0 Å². The average molecular weight is 361 g/mol. The highest BCUT2D eigenvalue weighted by Crippen LogP contribution is 2.22. The van der Waals surface area contributed by atoms with Crippen LogP contribution in [0.2, 0.25) is 0 Å². The fourth-order valence-corrected chi connectivity index (χ4v) is 4.37. The number of hydrogen-bond donors (Lipinski definition) is 0. The van der Waals surface area contributed by atoms with Crippen LogP contribution in [-0.2, 0) is 10.0 Å². The van der Waals surface area contributed by atoms with Crippen molar-refractivity contribution in [3.05, 3.63) is 28.7 Å². The van der Waals surface area contributed by atoms with Crippen molar-refractivity contribution < 1.29 is 8.42 Å². The van der Waals surface area contributed by atoms with Gasteiger partial charge in [0, 0.05) is 36.3 Å². The summed E-state index contributed by atoms with van der Waals surface area (Å²) in [6.07, 6.45) is 1.66. The number of piperazine rings is 1. The van der Waals surface area contributed by atoms with Crippen molar-refractivity contribution >= 4 is 31.6 Å². The van der Waals surface area contributed by atoms with E-state index >= 15 is 0 Å². The molecule has 0 aromatic heterocycles. The van der Waals surface area contributed by atoms with Crippen molar-refractivity contribution in [3.63, 3.8) is 0 Å². The van der Waals surface area contributed by atoms with E-state index in [1.54, 1.807) is 4.31 Å². The summed E-state index contributed by atoms with van der Waals surface area (Å²) in [4.78, 5) is 2.23. The van der Waals surface area contributed by atoms with Gasteiger partial charge in [-0.3, -0.25) is 0 Å². The minimum atomic E-state index is -3.06. The molecule has 0 aliphatic carbocycles. The number of halogens is 1. The van der Waals surface area contributed by atoms with E-state index in [2.05, 4.69) is 33.0 Å². The van der Waals surface area contributed by atoms with Crippen LogP contribution in [0.5, 0.6) is 0 Å². The van der Waals surface area contributed by atoms with Crippen molar-refractivity contribution in [2.75, 3.05) is 36.8 Å². The van der Waals surface area contributed by atoms with E-state index in [1.807, 2.05) is 19.1 Å². The summed E-state index contributed by atoms with van der Waals surface area (Å²) in [6.45, 7) is 4.68. The molecule has 0 spiro atoms. The molecule has 6 heteroatoms. The lowest BCUT2D eigenvalue weighted by molar-refractivity contribution is 0.384. The summed E-state index contributed by atoms with van der Waals surface area (Å²) in [5.74, 6) is 0.278. The molecule has 1 heterocycles. The van der Waals surface area contributed by atoms with Gasteiger partial charge in [0.15, 0.2) is 0 Å². The normalized spacial score (nSPS) is 17.4. The molecule has 0 N–H and O–H groups in total. The molecule has 0 radical (unpaired) electrons. The minimum Gasteiger partial charge on any atom is -0.369 e. The Morgan fingerprint density at radius 2 is 1.90 bits per heavy atom. The van der Waals surface area contributed by atoms with Gasteiger partial charge in [-0.05, 0) is 24.6 Å². The lowest BCUT2D eigenvalue weighted by Crippen LogP contribution is -2.49. The first kappa shape index (κ1) is 15.8. The molecule has 2 rings (SSSR count). The second kappa shape index (κ2) is 6.91. The van der Waals surface area contributed by atoms with Gasteiger partial charge in [0.1, 0.15) is 0 Å². The van der Waals surface area contributed by atoms with E-state index in [-0.39, 0.29) is 5.75 Å². The van der Waals surface area contributed by atoms with Gasteiger partial charge in [-0.15, -0.1) is 0 Å². The van der Waals surface area contributed by atoms with Crippen molar-refractivity contribution in [2.45, 2.75) is 19.8 Å². The molecule has 4 nitrogen and oxygen atoms in total. The topological polar surface area (TPSA) is 40.6 Å². The van der Waals surface area contributed by atoms with E-state index in [4.69, 9.17) is 0 Å². The second-order valence-corrected chi connectivity index (χ2v) is 8.04. The molecular weight excluding hydrogens is 340 g/mol. The first-order valence-corrected chi connectivity index (χ1v) is 9.41. The maximum Gasteiger partial charge on any atom is 0.214 e. The zero-order valence-electron chi connectivity index (χ0n) is 11.8. The smallest absolute Gasteiger partial charge is 0.214 e. The van der Waals surface area contributed by atoms with Crippen LogP contribution < -0.4 is 4.90 Å². The van der Waals surface area contributed by atoms with Gasteiger partial charge < -0.3 is 4.90 Å². The average Bonchev–Trinajstić information content (AvgIpc) is 2.45. The third-order valence-corrected chi connectivity index (χ3v) is 6.01. The Hall–Kier alpha value is -0.590. The number of nitrogens with zero attached hydrogens (tertiary/aromatic N) is 2. The molecule has 1 aliphatic rings. The predicted octanol–water partition coefficient (Wildman–Crippen LogP) is 2.70. The SMILES string of the molecule is CCCCS(=O)(=O)N1CCN(c2cccc(Br)c2)CC1. The largest absolute Gasteiger partial charge is 0.369 e. The van der Waals surface area contributed by atoms with Crippen LogP contribution in [0.1, 0.15) is 19.8 Å². The van der Waals surface area contributed by atoms with E-state index < -0.39 is 10.0 Å². The molecule has 20 heavy (non-hydrogen) atoms. The van der Waals surface area contributed by atoms with Gasteiger partial charge >= 0.3 is 0 Å². The highest BCUT2D eigenvalue weighted by atomic mass is 79.9. The Balaban J connectivity index is 1.95. The van der Waals surface area contributed by atoms with E-state index in [0.717, 1.165) is 36.1 Å². The van der Waals surface area contributed by atoms with Crippen LogP contribution in [0.3, 0.4) is 0 Å². The molecule has 0 unspecified atom stereocenters. The van der Waals surface area contributed by atoms with E-state index in [1.165, 1.54) is 0 Å². The van der Waals surface area contributed by atoms with Crippen LogP contribution in [0.25, 0.3) is 0 Å². The van der Waals surface area contributed by atoms with Crippen molar-refractivity contribution in [3.8, 4) is 0 Å². The number of unbranched alkanes of at least 4 members (excludes halogenated alkanes) is 1. The van der Waals surface area contributed by atoms with Gasteiger partial charge in [0.25, 0.3) is 0 Å². The summed E-state index contributed by atoms with van der Waals surface area (Å²) < 4.78 is 27.0. The fourth-order valence-electron chi connectivity index (χ4n) is 2.35. The Bertz CT molecular complexity index is 540. The van der Waals surface area contributed by atoms with Crippen molar-refractivity contribution in [1.29, 1.82) is 0 Å².